The van der Waals surface area contributed by atoms with Crippen LogP contribution in [0.2, 0.25) is 10.0 Å². The van der Waals surface area contributed by atoms with E-state index in [1.807, 2.05) is 60.7 Å². The van der Waals surface area contributed by atoms with E-state index in [9.17, 15) is 9.18 Å². The third-order valence-corrected chi connectivity index (χ3v) is 5.40. The van der Waals surface area contributed by atoms with Gasteiger partial charge in [0.2, 0.25) is 0 Å². The molecular weight excluding hydrogens is 448 g/mol. The van der Waals surface area contributed by atoms with E-state index in [-0.39, 0.29) is 23.3 Å². The Hall–Kier alpha value is -3.41. The first-order valence-corrected chi connectivity index (χ1v) is 10.6. The second kappa shape index (κ2) is 9.81. The van der Waals surface area contributed by atoms with Gasteiger partial charge in [0.1, 0.15) is 10.8 Å². The molecular formula is C25H18Cl2FN3O. The number of hydrogen-bond acceptors (Lipinski definition) is 2. The van der Waals surface area contributed by atoms with E-state index in [2.05, 4.69) is 10.4 Å². The van der Waals surface area contributed by atoms with Crippen LogP contribution in [0.5, 0.6) is 0 Å². The molecule has 32 heavy (non-hydrogen) atoms. The average Bonchev–Trinajstić information content (AvgIpc) is 3.14. The largest absolute Gasteiger partial charge is 0.304 e. The van der Waals surface area contributed by atoms with Gasteiger partial charge in [-0.3, -0.25) is 9.48 Å². The molecule has 0 spiro atoms. The van der Waals surface area contributed by atoms with Gasteiger partial charge in [-0.15, -0.1) is 0 Å². The fourth-order valence-electron chi connectivity index (χ4n) is 3.20. The quantitative estimate of drug-likeness (QED) is 0.259. The predicted molar refractivity (Wildman–Crippen MR) is 127 cm³/mol. The third kappa shape index (κ3) is 5.07. The summed E-state index contributed by atoms with van der Waals surface area (Å²) in [6.45, 7) is 0.0759. The summed E-state index contributed by atoms with van der Waals surface area (Å²) in [5.74, 6) is -0.623. The van der Waals surface area contributed by atoms with E-state index in [4.69, 9.17) is 23.2 Å². The van der Waals surface area contributed by atoms with E-state index in [1.54, 1.807) is 12.1 Å². The zero-order chi connectivity index (χ0) is 22.5. The number of hydrogen-bond donors (Lipinski definition) is 1. The van der Waals surface area contributed by atoms with E-state index < -0.39 is 5.82 Å². The molecule has 7 heteroatoms. The Morgan fingerprint density at radius 3 is 2.31 bits per heavy atom. The van der Waals surface area contributed by atoms with Gasteiger partial charge in [-0.05, 0) is 29.3 Å². The van der Waals surface area contributed by atoms with Gasteiger partial charge >= 0.3 is 0 Å². The second-order valence-corrected chi connectivity index (χ2v) is 7.83. The highest BCUT2D eigenvalue weighted by atomic mass is 35.5. The number of halogens is 3. The van der Waals surface area contributed by atoms with Crippen LogP contribution in [0, 0.1) is 5.82 Å². The summed E-state index contributed by atoms with van der Waals surface area (Å²) in [6.07, 6.45) is 3.32. The average molecular weight is 466 g/mol. The van der Waals surface area contributed by atoms with E-state index >= 15 is 0 Å². The molecule has 1 heterocycles. The van der Waals surface area contributed by atoms with Crippen molar-refractivity contribution in [3.63, 3.8) is 0 Å². The van der Waals surface area contributed by atoms with Crippen LogP contribution in [0.3, 0.4) is 0 Å². The Bertz CT molecular complexity index is 1250. The fraction of sp³-hybridized carbons (Fsp3) is 0.0400. The van der Waals surface area contributed by atoms with Gasteiger partial charge in [0.15, 0.2) is 5.82 Å². The first-order chi connectivity index (χ1) is 15.5. The van der Waals surface area contributed by atoms with Gasteiger partial charge in [0.05, 0.1) is 6.54 Å². The van der Waals surface area contributed by atoms with Gasteiger partial charge in [0.25, 0.3) is 5.91 Å². The minimum Gasteiger partial charge on any atom is -0.304 e. The summed E-state index contributed by atoms with van der Waals surface area (Å²) in [5, 5.41) is 7.60. The summed E-state index contributed by atoms with van der Waals surface area (Å²) < 4.78 is 15.6. The molecule has 1 aromatic heterocycles. The molecule has 4 aromatic rings. The lowest BCUT2D eigenvalue weighted by atomic mass is 10.0. The molecule has 4 rings (SSSR count). The van der Waals surface area contributed by atoms with E-state index in [0.717, 1.165) is 11.1 Å². The van der Waals surface area contributed by atoms with Crippen LogP contribution in [0.1, 0.15) is 16.7 Å². The molecule has 0 atom stereocenters. The summed E-state index contributed by atoms with van der Waals surface area (Å²) in [5.41, 5.74) is 2.38. The van der Waals surface area contributed by atoms with Crippen molar-refractivity contribution in [3.8, 4) is 0 Å². The van der Waals surface area contributed by atoms with Crippen molar-refractivity contribution in [2.75, 3.05) is 5.32 Å². The van der Waals surface area contributed by atoms with Crippen LogP contribution in [-0.4, -0.2) is 15.7 Å². The smallest absolute Gasteiger partial charge is 0.257 e. The molecule has 4 nitrogen and oxygen atoms in total. The van der Waals surface area contributed by atoms with Gasteiger partial charge in [-0.2, -0.15) is 5.10 Å². The maximum Gasteiger partial charge on any atom is 0.257 e. The lowest BCUT2D eigenvalue weighted by Gasteiger charge is -2.09. The van der Waals surface area contributed by atoms with Crippen molar-refractivity contribution in [2.24, 2.45) is 0 Å². The lowest BCUT2D eigenvalue weighted by molar-refractivity contribution is -0.111. The molecule has 0 aliphatic rings. The third-order valence-electron chi connectivity index (χ3n) is 4.77. The van der Waals surface area contributed by atoms with Crippen LogP contribution >= 0.6 is 23.2 Å². The molecule has 0 aliphatic heterocycles. The Morgan fingerprint density at radius 2 is 1.62 bits per heavy atom. The first-order valence-electron chi connectivity index (χ1n) is 9.80. The second-order valence-electron chi connectivity index (χ2n) is 7.01. The van der Waals surface area contributed by atoms with Crippen LogP contribution in [0.15, 0.2) is 85.1 Å². The molecule has 0 fully saturated rings. The lowest BCUT2D eigenvalue weighted by Crippen LogP contribution is -2.15. The number of nitrogens with zero attached hydrogens (tertiary/aromatic N) is 2. The number of nitrogens with one attached hydrogen (secondary N) is 1. The number of anilines is 1. The molecule has 0 saturated heterocycles. The Balaban J connectivity index is 1.61. The van der Waals surface area contributed by atoms with Crippen molar-refractivity contribution >= 4 is 46.6 Å². The molecule has 1 N–H and O–H groups in total. The van der Waals surface area contributed by atoms with E-state index in [1.165, 1.54) is 23.0 Å². The molecule has 0 unspecified atom stereocenters. The summed E-state index contributed by atoms with van der Waals surface area (Å²) in [7, 11) is 0. The number of carbonyl (C=O) groups is 1. The SMILES string of the molecule is O=C(Nc1nn(Cc2c(F)cccc2Cl)cc1Cl)/C(=C\c1ccccc1)c1ccccc1. The number of rotatable bonds is 6. The van der Waals surface area contributed by atoms with Crippen molar-refractivity contribution in [1.29, 1.82) is 0 Å². The normalized spacial score (nSPS) is 11.4. The minimum atomic E-state index is -0.438. The number of amides is 1. The van der Waals surface area contributed by atoms with Gasteiger partial charge < -0.3 is 5.32 Å². The molecule has 3 aromatic carbocycles. The number of aromatic nitrogens is 2. The molecule has 0 radical (unpaired) electrons. The Labute approximate surface area is 194 Å². The van der Waals surface area contributed by atoms with Gasteiger partial charge in [0, 0.05) is 22.4 Å². The molecule has 1 amide bonds. The van der Waals surface area contributed by atoms with Gasteiger partial charge in [-0.1, -0.05) is 89.9 Å². The summed E-state index contributed by atoms with van der Waals surface area (Å²) in [6, 6.07) is 23.3. The zero-order valence-electron chi connectivity index (χ0n) is 16.8. The van der Waals surface area contributed by atoms with E-state index in [0.29, 0.717) is 16.2 Å². The van der Waals surface area contributed by atoms with Crippen LogP contribution in [-0.2, 0) is 11.3 Å². The zero-order valence-corrected chi connectivity index (χ0v) is 18.3. The minimum absolute atomic E-state index is 0.0759. The molecule has 0 saturated carbocycles. The summed E-state index contributed by atoms with van der Waals surface area (Å²) in [4.78, 5) is 13.2. The van der Waals surface area contributed by atoms with Crippen LogP contribution < -0.4 is 5.32 Å². The van der Waals surface area contributed by atoms with Crippen molar-refractivity contribution < 1.29 is 9.18 Å². The Morgan fingerprint density at radius 1 is 0.938 bits per heavy atom. The Kier molecular flexibility index (Phi) is 6.69. The van der Waals surface area contributed by atoms with Crippen LogP contribution in [0.25, 0.3) is 11.6 Å². The van der Waals surface area contributed by atoms with Crippen molar-refractivity contribution in [2.45, 2.75) is 6.54 Å². The molecule has 0 aliphatic carbocycles. The van der Waals surface area contributed by atoms with Crippen molar-refractivity contribution in [3.05, 3.63) is 118 Å². The monoisotopic (exact) mass is 465 g/mol. The maximum atomic E-state index is 14.1. The topological polar surface area (TPSA) is 46.9 Å². The highest BCUT2D eigenvalue weighted by Gasteiger charge is 2.17. The maximum absolute atomic E-state index is 14.1. The predicted octanol–water partition coefficient (Wildman–Crippen LogP) is 6.56. The molecule has 0 bridgehead atoms. The fourth-order valence-corrected chi connectivity index (χ4v) is 3.62. The van der Waals surface area contributed by atoms with Crippen molar-refractivity contribution in [1.82, 2.24) is 9.78 Å². The standard InChI is InChI=1S/C25H18Cl2FN3O/c26-21-12-7-13-23(28)20(21)15-31-16-22(27)24(30-31)29-25(32)19(18-10-5-2-6-11-18)14-17-8-3-1-4-9-17/h1-14,16H,15H2,(H,29,30,32)/b19-14-. The number of carbonyl (C=O) groups excluding carboxylic acids is 1. The van der Waals surface area contributed by atoms with Crippen LogP contribution in [0.4, 0.5) is 10.2 Å². The highest BCUT2D eigenvalue weighted by Crippen LogP contribution is 2.26. The molecule has 160 valence electrons. The first kappa shape index (κ1) is 21.8. The highest BCUT2D eigenvalue weighted by molar-refractivity contribution is 6.35. The summed E-state index contributed by atoms with van der Waals surface area (Å²) >= 11 is 12.4. The number of benzene rings is 3. The van der Waals surface area contributed by atoms with Gasteiger partial charge in [-0.25, -0.2) is 4.39 Å².